The molecule has 0 spiro atoms. The second kappa shape index (κ2) is 5.31. The van der Waals surface area contributed by atoms with Crippen molar-refractivity contribution in [2.24, 2.45) is 5.92 Å². The monoisotopic (exact) mass is 281 g/mol. The molecule has 100 valence electrons. The zero-order valence-electron chi connectivity index (χ0n) is 11.2. The fraction of sp³-hybridized carbons (Fsp3) is 0.286. The van der Waals surface area contributed by atoms with Crippen LogP contribution in [0.1, 0.15) is 12.8 Å². The highest BCUT2D eigenvalue weighted by Crippen LogP contribution is 2.38. The van der Waals surface area contributed by atoms with Crippen molar-refractivity contribution in [3.05, 3.63) is 37.7 Å². The molecule has 1 fully saturated rings. The molecule has 0 saturated heterocycles. The van der Waals surface area contributed by atoms with Crippen molar-refractivity contribution in [2.75, 3.05) is 9.20 Å². The van der Waals surface area contributed by atoms with Crippen LogP contribution in [0.3, 0.4) is 0 Å². The first-order chi connectivity index (χ1) is 9.78. The third kappa shape index (κ3) is 2.22. The summed E-state index contributed by atoms with van der Waals surface area (Å²) in [7, 11) is 0. The minimum atomic E-state index is 0.234. The Balaban J connectivity index is 2.12. The maximum absolute atomic E-state index is 4.59. The molecule has 5 nitrogen and oxygen atoms in total. The molecule has 1 atom stereocenters. The van der Waals surface area contributed by atoms with Gasteiger partial charge in [0.1, 0.15) is 11.5 Å². The van der Waals surface area contributed by atoms with Crippen LogP contribution in [0.2, 0.25) is 0 Å². The lowest BCUT2D eigenvalue weighted by Gasteiger charge is -2.28. The van der Waals surface area contributed by atoms with E-state index in [0.717, 1.165) is 16.9 Å². The Morgan fingerprint density at radius 1 is 1.45 bits per heavy atom. The van der Waals surface area contributed by atoms with Crippen LogP contribution in [-0.2, 0) is 0 Å². The molecule has 2 heterocycles. The molecule has 2 radical (unpaired) electrons. The van der Waals surface area contributed by atoms with Crippen molar-refractivity contribution in [3.8, 4) is 0 Å². The van der Waals surface area contributed by atoms with Gasteiger partial charge in [0.2, 0.25) is 5.95 Å². The number of anilines is 2. The Morgan fingerprint density at radius 3 is 2.85 bits per heavy atom. The molecule has 0 unspecified atom stereocenters. The number of nitrogens with zero attached hydrogens (tertiary/aromatic N) is 3. The number of nitrogens with one attached hydrogen (secondary N) is 2. The van der Waals surface area contributed by atoms with Gasteiger partial charge in [0, 0.05) is 6.20 Å². The maximum Gasteiger partial charge on any atom is 0.310 e. The third-order valence-electron chi connectivity index (χ3n) is 3.63. The smallest absolute Gasteiger partial charge is 0.310 e. The van der Waals surface area contributed by atoms with Crippen LogP contribution in [0.25, 0.3) is 11.0 Å². The maximum atomic E-state index is 4.59. The van der Waals surface area contributed by atoms with Gasteiger partial charge in [-0.05, 0) is 31.0 Å². The van der Waals surface area contributed by atoms with Crippen LogP contribution in [0.4, 0.5) is 11.8 Å². The number of hydrogen-bond acceptors (Lipinski definition) is 4. The molecule has 1 saturated carbocycles. The molecule has 1 aliphatic rings. The molecule has 1 aliphatic carbocycles. The average Bonchev–Trinajstić information content (AvgIpc) is 3.20. The second-order valence-corrected chi connectivity index (χ2v) is 5.20. The first-order valence-corrected chi connectivity index (χ1v) is 7.21. The first-order valence-electron chi connectivity index (χ1n) is 6.63. The van der Waals surface area contributed by atoms with E-state index in [-0.39, 0.29) is 6.04 Å². The topological polar surface area (TPSA) is 56.8 Å². The number of aromatic nitrogens is 3. The Labute approximate surface area is 126 Å². The van der Waals surface area contributed by atoms with Crippen molar-refractivity contribution in [1.29, 1.82) is 0 Å². The summed E-state index contributed by atoms with van der Waals surface area (Å²) in [6, 6.07) is 2.22. The van der Waals surface area contributed by atoms with Gasteiger partial charge in [0.15, 0.2) is 0 Å². The molecular weight excluding hydrogens is 265 g/mol. The van der Waals surface area contributed by atoms with Gasteiger partial charge in [-0.3, -0.25) is 0 Å². The Bertz CT molecular complexity index is 646. The van der Waals surface area contributed by atoms with E-state index in [1.807, 2.05) is 24.5 Å². The number of H-pyrrole nitrogens is 1. The van der Waals surface area contributed by atoms with Crippen LogP contribution in [-0.4, -0.2) is 37.5 Å². The molecule has 0 aliphatic heterocycles. The molecule has 0 aromatic carbocycles. The molecule has 20 heavy (non-hydrogen) atoms. The van der Waals surface area contributed by atoms with Crippen LogP contribution in [0, 0.1) is 5.92 Å². The van der Waals surface area contributed by atoms with Crippen molar-refractivity contribution in [2.45, 2.75) is 18.9 Å². The summed E-state index contributed by atoms with van der Waals surface area (Å²) < 4.78 is 2.92. The van der Waals surface area contributed by atoms with Gasteiger partial charge in [-0.15, -0.1) is 6.58 Å². The molecule has 2 aromatic rings. The summed E-state index contributed by atoms with van der Waals surface area (Å²) >= 11 is 2.42. The molecule has 0 amide bonds. The molecular formula is C14H16AlN5. The Kier molecular flexibility index (Phi) is 3.51. The lowest BCUT2D eigenvalue weighted by Crippen LogP contribution is -2.31. The standard InChI is InChI=1S/C14H16N5.Al/c1-3-11(9-5-6-9)19(4-2)13-10-7-8-16-12(10)17-14(15)18-13;/h3-4,7-9,11H,1-2,5-6H2,(H2-,15,16,17,18);/q-1;+1/t11-;/m0./s1. The summed E-state index contributed by atoms with van der Waals surface area (Å²) in [6.07, 6.45) is 8.14. The van der Waals surface area contributed by atoms with Crippen LogP contribution >= 0.6 is 0 Å². The van der Waals surface area contributed by atoms with Gasteiger partial charge in [-0.1, -0.05) is 12.7 Å². The van der Waals surface area contributed by atoms with Crippen LogP contribution in [0.5, 0.6) is 0 Å². The minimum absolute atomic E-state index is 0.234. The molecule has 6 heteroatoms. The summed E-state index contributed by atoms with van der Waals surface area (Å²) in [5, 5.41) is 0.987. The summed E-state index contributed by atoms with van der Waals surface area (Å²) in [5.74, 6) is 2.06. The Morgan fingerprint density at radius 2 is 2.25 bits per heavy atom. The normalized spacial score (nSPS) is 15.8. The molecule has 2 N–H and O–H groups in total. The quantitative estimate of drug-likeness (QED) is 0.630. The fourth-order valence-corrected chi connectivity index (χ4v) is 2.64. The second-order valence-electron chi connectivity index (χ2n) is 4.91. The van der Waals surface area contributed by atoms with Gasteiger partial charge in [0.25, 0.3) is 0 Å². The lowest BCUT2D eigenvalue weighted by atomic mass is 10.1. The zero-order valence-corrected chi connectivity index (χ0v) is 12.4. The van der Waals surface area contributed by atoms with Gasteiger partial charge < -0.3 is 14.2 Å². The largest absolute Gasteiger partial charge is 0.461 e. The number of hydrogen-bond donors (Lipinski definition) is 2. The van der Waals surface area contributed by atoms with Gasteiger partial charge >= 0.3 is 16.5 Å². The average molecular weight is 281 g/mol. The van der Waals surface area contributed by atoms with E-state index in [1.54, 1.807) is 0 Å². The van der Waals surface area contributed by atoms with E-state index in [9.17, 15) is 0 Å². The molecule has 0 bridgehead atoms. The predicted octanol–water partition coefficient (Wildman–Crippen LogP) is 2.37. The van der Waals surface area contributed by atoms with Crippen LogP contribution in [0.15, 0.2) is 37.7 Å². The fourth-order valence-electron chi connectivity index (χ4n) is 2.51. The van der Waals surface area contributed by atoms with E-state index in [1.165, 1.54) is 12.8 Å². The highest BCUT2D eigenvalue weighted by molar-refractivity contribution is 6.15. The van der Waals surface area contributed by atoms with E-state index >= 15 is 0 Å². The van der Waals surface area contributed by atoms with Crippen molar-refractivity contribution in [3.63, 3.8) is 0 Å². The van der Waals surface area contributed by atoms with Crippen molar-refractivity contribution < 1.29 is 0 Å². The SMILES string of the molecule is C=C[C@@H](C1CC1)N(C=C)c1nc([NH][Al])nc2[nH]ccc12. The third-order valence-corrected chi connectivity index (χ3v) is 3.89. The van der Waals surface area contributed by atoms with Gasteiger partial charge in [-0.25, -0.2) is 0 Å². The Hall–Kier alpha value is -1.77. The molecule has 3 rings (SSSR count). The molecule has 2 aromatic heterocycles. The highest BCUT2D eigenvalue weighted by Gasteiger charge is 2.33. The summed E-state index contributed by atoms with van der Waals surface area (Å²) in [4.78, 5) is 14.2. The predicted molar refractivity (Wildman–Crippen MR) is 82.7 cm³/mol. The van der Waals surface area contributed by atoms with Gasteiger partial charge in [0.05, 0.1) is 11.4 Å². The minimum Gasteiger partial charge on any atom is -0.461 e. The van der Waals surface area contributed by atoms with E-state index in [0.29, 0.717) is 11.9 Å². The van der Waals surface area contributed by atoms with E-state index < -0.39 is 0 Å². The first kappa shape index (κ1) is 13.2. The van der Waals surface area contributed by atoms with Crippen molar-refractivity contribution >= 4 is 39.3 Å². The lowest BCUT2D eigenvalue weighted by molar-refractivity contribution is 0.679. The highest BCUT2D eigenvalue weighted by atomic mass is 27.1. The number of fused-ring (bicyclic) bond motifs is 1. The summed E-state index contributed by atoms with van der Waals surface area (Å²) in [6.45, 7) is 7.91. The summed E-state index contributed by atoms with van der Waals surface area (Å²) in [5.41, 5.74) is 0.811. The number of aromatic amines is 1. The van der Waals surface area contributed by atoms with Crippen LogP contribution < -0.4 is 9.20 Å². The van der Waals surface area contributed by atoms with Crippen molar-refractivity contribution in [1.82, 2.24) is 15.0 Å². The van der Waals surface area contributed by atoms with Gasteiger partial charge in [-0.2, -0.15) is 9.97 Å². The van der Waals surface area contributed by atoms with E-state index in [2.05, 4.69) is 53.8 Å². The zero-order chi connectivity index (χ0) is 14.1. The number of rotatable bonds is 6. The van der Waals surface area contributed by atoms with E-state index in [4.69, 9.17) is 0 Å².